The van der Waals surface area contributed by atoms with Gasteiger partial charge in [-0.25, -0.2) is 4.98 Å². The number of pyridine rings is 1. The number of hydrogen-bond acceptors (Lipinski definition) is 5. The maximum Gasteiger partial charge on any atom is 0.208 e. The number of oxazole rings is 1. The Labute approximate surface area is 138 Å². The maximum atomic E-state index is 5.82. The van der Waals surface area contributed by atoms with E-state index >= 15 is 0 Å². The molecule has 0 aromatic carbocycles. The van der Waals surface area contributed by atoms with E-state index < -0.39 is 0 Å². The zero-order chi connectivity index (χ0) is 16.1. The van der Waals surface area contributed by atoms with E-state index in [1.165, 1.54) is 12.8 Å². The molecule has 2 aromatic rings. The van der Waals surface area contributed by atoms with Crippen molar-refractivity contribution in [3.8, 4) is 0 Å². The summed E-state index contributed by atoms with van der Waals surface area (Å²) in [6, 6.07) is 6.65. The predicted molar refractivity (Wildman–Crippen MR) is 90.0 cm³/mol. The van der Waals surface area contributed by atoms with Crippen LogP contribution in [0.1, 0.15) is 42.3 Å². The standard InChI is InChI=1S/C18H26N4O/c1-14-15(2)23-18(21-14)13-22(12-16-6-3-4-10-20-16)17-7-5-9-19-11-8-17/h3-4,6,10,17,19H,5,7-9,11-13H2,1-2H3. The molecule has 0 radical (unpaired) electrons. The summed E-state index contributed by atoms with van der Waals surface area (Å²) in [5.74, 6) is 1.73. The van der Waals surface area contributed by atoms with Crippen LogP contribution in [-0.2, 0) is 13.1 Å². The predicted octanol–water partition coefficient (Wildman–Crippen LogP) is 2.83. The fourth-order valence-electron chi connectivity index (χ4n) is 3.16. The third-order valence-corrected chi connectivity index (χ3v) is 4.56. The van der Waals surface area contributed by atoms with Gasteiger partial charge in [0.2, 0.25) is 5.89 Å². The lowest BCUT2D eigenvalue weighted by Crippen LogP contribution is -2.35. The molecule has 0 saturated carbocycles. The number of nitrogens with one attached hydrogen (secondary N) is 1. The molecule has 1 aliphatic heterocycles. The van der Waals surface area contributed by atoms with Crippen LogP contribution in [0.25, 0.3) is 0 Å². The van der Waals surface area contributed by atoms with E-state index in [1.807, 2.05) is 26.1 Å². The lowest BCUT2D eigenvalue weighted by molar-refractivity contribution is 0.147. The molecule has 0 bridgehead atoms. The molecule has 23 heavy (non-hydrogen) atoms. The van der Waals surface area contributed by atoms with Crippen LogP contribution >= 0.6 is 0 Å². The molecule has 0 spiro atoms. The molecule has 0 aliphatic carbocycles. The van der Waals surface area contributed by atoms with Gasteiger partial charge in [0.1, 0.15) is 5.76 Å². The first-order valence-corrected chi connectivity index (χ1v) is 8.50. The quantitative estimate of drug-likeness (QED) is 0.919. The Balaban J connectivity index is 1.76. The first kappa shape index (κ1) is 16.1. The van der Waals surface area contributed by atoms with Gasteiger partial charge in [0.25, 0.3) is 0 Å². The molecule has 1 aliphatic rings. The van der Waals surface area contributed by atoms with Crippen molar-refractivity contribution >= 4 is 0 Å². The van der Waals surface area contributed by atoms with Crippen LogP contribution in [0.3, 0.4) is 0 Å². The van der Waals surface area contributed by atoms with Gasteiger partial charge in [-0.1, -0.05) is 6.07 Å². The van der Waals surface area contributed by atoms with E-state index in [0.29, 0.717) is 6.04 Å². The summed E-state index contributed by atoms with van der Waals surface area (Å²) in [6.45, 7) is 7.76. The average Bonchev–Trinajstić information content (AvgIpc) is 2.76. The molecular formula is C18H26N4O. The fourth-order valence-corrected chi connectivity index (χ4v) is 3.16. The summed E-state index contributed by atoms with van der Waals surface area (Å²) in [4.78, 5) is 11.5. The van der Waals surface area contributed by atoms with Crippen LogP contribution in [0.5, 0.6) is 0 Å². The molecule has 1 atom stereocenters. The number of aromatic nitrogens is 2. The van der Waals surface area contributed by atoms with E-state index in [0.717, 1.165) is 55.6 Å². The lowest BCUT2D eigenvalue weighted by atomic mass is 10.1. The van der Waals surface area contributed by atoms with Crippen LogP contribution in [0, 0.1) is 13.8 Å². The van der Waals surface area contributed by atoms with Crippen LogP contribution in [0.4, 0.5) is 0 Å². The highest BCUT2D eigenvalue weighted by Crippen LogP contribution is 2.20. The first-order valence-electron chi connectivity index (χ1n) is 8.50. The second-order valence-electron chi connectivity index (χ2n) is 6.31. The third-order valence-electron chi connectivity index (χ3n) is 4.56. The molecule has 124 valence electrons. The van der Waals surface area contributed by atoms with Crippen molar-refractivity contribution < 1.29 is 4.42 Å². The van der Waals surface area contributed by atoms with Gasteiger partial charge in [-0.2, -0.15) is 0 Å². The van der Waals surface area contributed by atoms with Crippen LogP contribution in [0.2, 0.25) is 0 Å². The van der Waals surface area contributed by atoms with Crippen LogP contribution < -0.4 is 5.32 Å². The molecule has 1 N–H and O–H groups in total. The molecule has 1 saturated heterocycles. The summed E-state index contributed by atoms with van der Waals surface area (Å²) in [7, 11) is 0. The Morgan fingerprint density at radius 2 is 2.13 bits per heavy atom. The van der Waals surface area contributed by atoms with Crippen molar-refractivity contribution in [3.05, 3.63) is 47.4 Å². The van der Waals surface area contributed by atoms with Gasteiger partial charge < -0.3 is 9.73 Å². The summed E-state index contributed by atoms with van der Waals surface area (Å²) in [5.41, 5.74) is 2.09. The average molecular weight is 314 g/mol. The molecule has 3 rings (SSSR count). The van der Waals surface area contributed by atoms with Crippen molar-refractivity contribution in [2.75, 3.05) is 13.1 Å². The minimum atomic E-state index is 0.541. The summed E-state index contributed by atoms with van der Waals surface area (Å²) in [5, 5.41) is 3.49. The molecule has 1 unspecified atom stereocenters. The molecular weight excluding hydrogens is 288 g/mol. The smallest absolute Gasteiger partial charge is 0.208 e. The van der Waals surface area contributed by atoms with Gasteiger partial charge in [0, 0.05) is 18.8 Å². The van der Waals surface area contributed by atoms with E-state index in [-0.39, 0.29) is 0 Å². The summed E-state index contributed by atoms with van der Waals surface area (Å²) >= 11 is 0. The van der Waals surface area contributed by atoms with Crippen molar-refractivity contribution in [2.45, 2.75) is 52.2 Å². The van der Waals surface area contributed by atoms with Gasteiger partial charge in [-0.05, 0) is 58.3 Å². The van der Waals surface area contributed by atoms with Gasteiger partial charge in [-0.3, -0.25) is 9.88 Å². The van der Waals surface area contributed by atoms with E-state index in [4.69, 9.17) is 4.42 Å². The van der Waals surface area contributed by atoms with Crippen molar-refractivity contribution in [3.63, 3.8) is 0 Å². The number of rotatable bonds is 5. The number of hydrogen-bond donors (Lipinski definition) is 1. The van der Waals surface area contributed by atoms with E-state index in [2.05, 4.69) is 32.3 Å². The summed E-state index contributed by atoms with van der Waals surface area (Å²) < 4.78 is 5.82. The zero-order valence-electron chi connectivity index (χ0n) is 14.1. The van der Waals surface area contributed by atoms with Crippen LogP contribution in [-0.4, -0.2) is 34.0 Å². The molecule has 1 fully saturated rings. The van der Waals surface area contributed by atoms with Crippen LogP contribution in [0.15, 0.2) is 28.8 Å². The van der Waals surface area contributed by atoms with Gasteiger partial charge in [-0.15, -0.1) is 0 Å². The third kappa shape index (κ3) is 4.39. The second-order valence-corrected chi connectivity index (χ2v) is 6.31. The minimum Gasteiger partial charge on any atom is -0.444 e. The fraction of sp³-hybridized carbons (Fsp3) is 0.556. The largest absolute Gasteiger partial charge is 0.444 e. The Morgan fingerprint density at radius 1 is 1.22 bits per heavy atom. The number of nitrogens with zero attached hydrogens (tertiary/aromatic N) is 3. The highest BCUT2D eigenvalue weighted by atomic mass is 16.4. The Morgan fingerprint density at radius 3 is 2.87 bits per heavy atom. The highest BCUT2D eigenvalue weighted by molar-refractivity contribution is 5.07. The zero-order valence-corrected chi connectivity index (χ0v) is 14.1. The SMILES string of the molecule is Cc1nc(CN(Cc2ccccn2)C2CCCNCC2)oc1C. The van der Waals surface area contributed by atoms with Gasteiger partial charge in [0.15, 0.2) is 0 Å². The molecule has 2 aromatic heterocycles. The topological polar surface area (TPSA) is 54.2 Å². The van der Waals surface area contributed by atoms with E-state index in [9.17, 15) is 0 Å². The Hall–Kier alpha value is -1.72. The number of aryl methyl sites for hydroxylation is 2. The lowest BCUT2D eigenvalue weighted by Gasteiger charge is -2.29. The highest BCUT2D eigenvalue weighted by Gasteiger charge is 2.22. The molecule has 5 heteroatoms. The molecule has 3 heterocycles. The maximum absolute atomic E-state index is 5.82. The Bertz CT molecular complexity index is 583. The normalized spacial score (nSPS) is 19.0. The van der Waals surface area contributed by atoms with Crippen molar-refractivity contribution in [1.82, 2.24) is 20.2 Å². The van der Waals surface area contributed by atoms with Crippen molar-refractivity contribution in [2.24, 2.45) is 0 Å². The first-order chi connectivity index (χ1) is 11.2. The molecule has 5 nitrogen and oxygen atoms in total. The van der Waals surface area contributed by atoms with E-state index in [1.54, 1.807) is 0 Å². The van der Waals surface area contributed by atoms with Crippen molar-refractivity contribution in [1.29, 1.82) is 0 Å². The summed E-state index contributed by atoms with van der Waals surface area (Å²) in [6.07, 6.45) is 5.44. The minimum absolute atomic E-state index is 0.541. The Kier molecular flexibility index (Phi) is 5.41. The monoisotopic (exact) mass is 314 g/mol. The second kappa shape index (κ2) is 7.70. The van der Waals surface area contributed by atoms with Gasteiger partial charge in [0.05, 0.1) is 17.9 Å². The molecule has 0 amide bonds. The van der Waals surface area contributed by atoms with Gasteiger partial charge >= 0.3 is 0 Å².